The number of halogens is 3. The van der Waals surface area contributed by atoms with Gasteiger partial charge in [-0.15, -0.1) is 0 Å². The molecule has 4 nitrogen and oxygen atoms in total. The molecule has 29 heavy (non-hydrogen) atoms. The Balaban J connectivity index is 1.65. The smallest absolute Gasteiger partial charge is 0.276 e. The van der Waals surface area contributed by atoms with Gasteiger partial charge in [0.2, 0.25) is 0 Å². The lowest BCUT2D eigenvalue weighted by molar-refractivity contribution is 0.102. The van der Waals surface area contributed by atoms with E-state index in [1.54, 1.807) is 30.3 Å². The first-order valence-electron chi connectivity index (χ1n) is 8.69. The highest BCUT2D eigenvalue weighted by atomic mass is 19.1. The highest BCUT2D eigenvalue weighted by molar-refractivity contribution is 6.05. The minimum Gasteiger partial charge on any atom is -0.318 e. The van der Waals surface area contributed by atoms with Crippen molar-refractivity contribution in [1.29, 1.82) is 0 Å². The number of nitrogens with zero attached hydrogens (tertiary/aromatic N) is 2. The van der Waals surface area contributed by atoms with E-state index in [-0.39, 0.29) is 22.8 Å². The number of anilines is 1. The Kier molecular flexibility index (Phi) is 4.87. The van der Waals surface area contributed by atoms with Crippen LogP contribution >= 0.6 is 0 Å². The summed E-state index contributed by atoms with van der Waals surface area (Å²) in [5, 5.41) is 6.62. The Morgan fingerprint density at radius 2 is 1.59 bits per heavy atom. The molecule has 0 unspecified atom stereocenters. The van der Waals surface area contributed by atoms with Crippen LogP contribution in [0.15, 0.2) is 79.0 Å². The van der Waals surface area contributed by atoms with E-state index >= 15 is 0 Å². The van der Waals surface area contributed by atoms with Crippen LogP contribution in [0.2, 0.25) is 0 Å². The number of nitrogens with one attached hydrogen (secondary N) is 1. The van der Waals surface area contributed by atoms with Gasteiger partial charge < -0.3 is 5.32 Å². The zero-order valence-corrected chi connectivity index (χ0v) is 14.9. The van der Waals surface area contributed by atoms with Crippen LogP contribution in [0.1, 0.15) is 10.5 Å². The van der Waals surface area contributed by atoms with Crippen LogP contribution in [0.5, 0.6) is 0 Å². The number of rotatable bonds is 4. The van der Waals surface area contributed by atoms with Crippen molar-refractivity contribution in [2.75, 3.05) is 5.32 Å². The average molecular weight is 393 g/mol. The summed E-state index contributed by atoms with van der Waals surface area (Å²) in [7, 11) is 0. The fraction of sp³-hybridized carbons (Fsp3) is 0. The molecule has 144 valence electrons. The minimum atomic E-state index is -0.893. The van der Waals surface area contributed by atoms with Gasteiger partial charge in [0.15, 0.2) is 5.69 Å². The molecule has 0 spiro atoms. The Morgan fingerprint density at radius 1 is 0.862 bits per heavy atom. The number of carbonyl (C=O) groups excluding carboxylic acids is 1. The van der Waals surface area contributed by atoms with E-state index in [2.05, 4.69) is 10.4 Å². The van der Waals surface area contributed by atoms with Crippen LogP contribution in [0.25, 0.3) is 16.8 Å². The zero-order chi connectivity index (χ0) is 20.4. The Labute approximate surface area is 164 Å². The van der Waals surface area contributed by atoms with Crippen molar-refractivity contribution in [3.05, 3.63) is 102 Å². The topological polar surface area (TPSA) is 46.9 Å². The van der Waals surface area contributed by atoms with Gasteiger partial charge in [-0.3, -0.25) is 4.79 Å². The SMILES string of the molecule is O=C(Nc1c(F)cc(F)cc1-c1ccccc1)c1ccn(-c2ccc(F)cc2)n1. The van der Waals surface area contributed by atoms with Crippen molar-refractivity contribution >= 4 is 11.6 Å². The molecule has 1 aromatic heterocycles. The fourth-order valence-electron chi connectivity index (χ4n) is 2.91. The molecule has 0 fully saturated rings. The van der Waals surface area contributed by atoms with Gasteiger partial charge in [-0.05, 0) is 42.0 Å². The molecule has 1 heterocycles. The molecule has 0 radical (unpaired) electrons. The van der Waals surface area contributed by atoms with E-state index in [1.165, 1.54) is 41.2 Å². The first kappa shape index (κ1) is 18.5. The van der Waals surface area contributed by atoms with E-state index < -0.39 is 17.5 Å². The summed E-state index contributed by atoms with van der Waals surface area (Å²) in [6.45, 7) is 0. The van der Waals surface area contributed by atoms with Crippen molar-refractivity contribution in [3.63, 3.8) is 0 Å². The molecule has 4 rings (SSSR count). The van der Waals surface area contributed by atoms with Crippen molar-refractivity contribution in [1.82, 2.24) is 9.78 Å². The number of amides is 1. The molecule has 0 saturated carbocycles. The molecule has 1 amide bonds. The number of benzene rings is 3. The van der Waals surface area contributed by atoms with Gasteiger partial charge in [-0.1, -0.05) is 30.3 Å². The van der Waals surface area contributed by atoms with Gasteiger partial charge in [-0.25, -0.2) is 17.9 Å². The first-order valence-corrected chi connectivity index (χ1v) is 8.69. The van der Waals surface area contributed by atoms with E-state index in [4.69, 9.17) is 0 Å². The summed E-state index contributed by atoms with van der Waals surface area (Å²) in [6, 6.07) is 17.5. The third-order valence-corrected chi connectivity index (χ3v) is 4.29. The lowest BCUT2D eigenvalue weighted by Gasteiger charge is -2.12. The highest BCUT2D eigenvalue weighted by Gasteiger charge is 2.18. The number of hydrogen-bond donors (Lipinski definition) is 1. The predicted molar refractivity (Wildman–Crippen MR) is 103 cm³/mol. The van der Waals surface area contributed by atoms with Crippen molar-refractivity contribution in [3.8, 4) is 16.8 Å². The molecule has 0 aliphatic heterocycles. The minimum absolute atomic E-state index is 0.0251. The van der Waals surface area contributed by atoms with E-state index in [0.717, 1.165) is 6.07 Å². The standard InChI is InChI=1S/C22H14F3N3O/c23-15-6-8-17(9-7-15)28-11-10-20(27-28)22(29)26-21-18(12-16(24)13-19(21)25)14-4-2-1-3-5-14/h1-13H,(H,26,29). The van der Waals surface area contributed by atoms with Gasteiger partial charge in [0.1, 0.15) is 17.5 Å². The molecule has 0 aliphatic carbocycles. The largest absolute Gasteiger partial charge is 0.318 e. The van der Waals surface area contributed by atoms with Gasteiger partial charge in [-0.2, -0.15) is 5.10 Å². The van der Waals surface area contributed by atoms with E-state index in [1.807, 2.05) is 0 Å². The summed E-state index contributed by atoms with van der Waals surface area (Å²) in [6.07, 6.45) is 1.53. The maximum absolute atomic E-state index is 14.5. The monoisotopic (exact) mass is 393 g/mol. The number of aromatic nitrogens is 2. The lowest BCUT2D eigenvalue weighted by Crippen LogP contribution is -2.15. The highest BCUT2D eigenvalue weighted by Crippen LogP contribution is 2.31. The van der Waals surface area contributed by atoms with Crippen LogP contribution in [0, 0.1) is 17.5 Å². The fourth-order valence-corrected chi connectivity index (χ4v) is 2.91. The van der Waals surface area contributed by atoms with Crippen LogP contribution in [-0.4, -0.2) is 15.7 Å². The van der Waals surface area contributed by atoms with Crippen LogP contribution < -0.4 is 5.32 Å². The Morgan fingerprint density at radius 3 is 2.31 bits per heavy atom. The molecule has 3 aromatic carbocycles. The van der Waals surface area contributed by atoms with Crippen molar-refractivity contribution in [2.45, 2.75) is 0 Å². The van der Waals surface area contributed by atoms with Crippen molar-refractivity contribution in [2.24, 2.45) is 0 Å². The third kappa shape index (κ3) is 3.89. The van der Waals surface area contributed by atoms with Gasteiger partial charge in [0, 0.05) is 17.8 Å². The number of carbonyl (C=O) groups is 1. The zero-order valence-electron chi connectivity index (χ0n) is 14.9. The maximum Gasteiger partial charge on any atom is 0.276 e. The summed E-state index contributed by atoms with van der Waals surface area (Å²) in [5.74, 6) is -2.69. The Hall–Kier alpha value is -3.87. The summed E-state index contributed by atoms with van der Waals surface area (Å²) < 4.78 is 42.7. The Bertz CT molecular complexity index is 1170. The molecule has 0 bridgehead atoms. The molecular formula is C22H14F3N3O. The first-order chi connectivity index (χ1) is 14.0. The van der Waals surface area contributed by atoms with E-state index in [9.17, 15) is 18.0 Å². The summed E-state index contributed by atoms with van der Waals surface area (Å²) in [5.41, 5.74) is 1.21. The maximum atomic E-state index is 14.5. The lowest BCUT2D eigenvalue weighted by atomic mass is 10.0. The third-order valence-electron chi connectivity index (χ3n) is 4.29. The van der Waals surface area contributed by atoms with Crippen molar-refractivity contribution < 1.29 is 18.0 Å². The normalized spacial score (nSPS) is 10.7. The summed E-state index contributed by atoms with van der Waals surface area (Å²) in [4.78, 5) is 12.6. The van der Waals surface area contributed by atoms with Gasteiger partial charge in [0.25, 0.3) is 5.91 Å². The molecule has 0 atom stereocenters. The molecule has 4 aromatic rings. The second-order valence-corrected chi connectivity index (χ2v) is 6.25. The van der Waals surface area contributed by atoms with Gasteiger partial charge in [0.05, 0.1) is 11.4 Å². The predicted octanol–water partition coefficient (Wildman–Crippen LogP) is 5.21. The molecule has 1 N–H and O–H groups in total. The molecule has 0 saturated heterocycles. The number of hydrogen-bond acceptors (Lipinski definition) is 2. The van der Waals surface area contributed by atoms with Crippen LogP contribution in [-0.2, 0) is 0 Å². The quantitative estimate of drug-likeness (QED) is 0.517. The molecule has 7 heteroatoms. The molecular weight excluding hydrogens is 379 g/mol. The summed E-state index contributed by atoms with van der Waals surface area (Å²) >= 11 is 0. The second-order valence-electron chi connectivity index (χ2n) is 6.25. The van der Waals surface area contributed by atoms with Gasteiger partial charge >= 0.3 is 0 Å². The second kappa shape index (κ2) is 7.63. The molecule has 0 aliphatic rings. The van der Waals surface area contributed by atoms with E-state index in [0.29, 0.717) is 17.3 Å². The average Bonchev–Trinajstić information content (AvgIpc) is 3.21. The van der Waals surface area contributed by atoms with Crippen LogP contribution in [0.3, 0.4) is 0 Å². The van der Waals surface area contributed by atoms with Crippen LogP contribution in [0.4, 0.5) is 18.9 Å².